The molecule has 0 aliphatic rings. The zero-order valence-corrected chi connectivity index (χ0v) is 13.7. The highest BCUT2D eigenvalue weighted by Gasteiger charge is 2.22. The predicted octanol–water partition coefficient (Wildman–Crippen LogP) is 1.49. The fraction of sp³-hybridized carbons (Fsp3) is 0.118. The number of aromatic nitrogens is 1. The van der Waals surface area contributed by atoms with Gasteiger partial charge in [0.1, 0.15) is 5.52 Å². The van der Waals surface area contributed by atoms with Gasteiger partial charge in [0.05, 0.1) is 6.67 Å². The lowest BCUT2D eigenvalue weighted by atomic mass is 10.1. The zero-order valence-electron chi connectivity index (χ0n) is 13.7. The Morgan fingerprint density at radius 3 is 2.65 bits per heavy atom. The zero-order chi connectivity index (χ0) is 18.7. The topological polar surface area (TPSA) is 154 Å². The highest BCUT2D eigenvalue weighted by Crippen LogP contribution is 2.29. The van der Waals surface area contributed by atoms with Gasteiger partial charge < -0.3 is 26.3 Å². The Labute approximate surface area is 148 Å². The van der Waals surface area contributed by atoms with E-state index in [1.54, 1.807) is 23.1 Å². The average molecular weight is 354 g/mol. The molecule has 1 unspecified atom stereocenters. The Balaban J connectivity index is 1.99. The Bertz CT molecular complexity index is 940. The number of nitrogens with two attached hydrogens (primary N) is 2. The van der Waals surface area contributed by atoms with Crippen LogP contribution in [-0.2, 0) is 4.79 Å². The molecule has 26 heavy (non-hydrogen) atoms. The summed E-state index contributed by atoms with van der Waals surface area (Å²) in [5.74, 6) is -1.60. The first-order valence-corrected chi connectivity index (χ1v) is 7.76. The second-order valence-electron chi connectivity index (χ2n) is 5.50. The van der Waals surface area contributed by atoms with Crippen LogP contribution in [0.1, 0.15) is 11.6 Å². The number of hydrogen-bond acceptors (Lipinski definition) is 6. The van der Waals surface area contributed by atoms with Crippen molar-refractivity contribution in [2.75, 3.05) is 11.6 Å². The average Bonchev–Trinajstić information content (AvgIpc) is 3.03. The number of guanidine groups is 1. The lowest BCUT2D eigenvalue weighted by Crippen LogP contribution is -2.37. The van der Waals surface area contributed by atoms with E-state index in [1.165, 1.54) is 0 Å². The highest BCUT2D eigenvalue weighted by atomic mass is 16.4. The van der Waals surface area contributed by atoms with Crippen LogP contribution in [0.5, 0.6) is 0 Å². The van der Waals surface area contributed by atoms with E-state index in [0.717, 1.165) is 5.69 Å². The summed E-state index contributed by atoms with van der Waals surface area (Å²) >= 11 is 0. The summed E-state index contributed by atoms with van der Waals surface area (Å²) in [4.78, 5) is 17.5. The molecule has 0 aliphatic heterocycles. The van der Waals surface area contributed by atoms with E-state index in [0.29, 0.717) is 22.7 Å². The van der Waals surface area contributed by atoms with E-state index < -0.39 is 18.0 Å². The molecule has 0 aliphatic carbocycles. The minimum atomic E-state index is -1.16. The SMILES string of the molecule is N=C(N)NC(C(=O)O)c1ccc2nc(N(CN)c3ccccc3)oc2c1. The summed E-state index contributed by atoms with van der Waals surface area (Å²) in [5, 5.41) is 19.0. The monoisotopic (exact) mass is 354 g/mol. The number of fused-ring (bicyclic) bond motifs is 1. The van der Waals surface area contributed by atoms with E-state index in [-0.39, 0.29) is 6.67 Å². The lowest BCUT2D eigenvalue weighted by molar-refractivity contribution is -0.139. The van der Waals surface area contributed by atoms with Crippen molar-refractivity contribution < 1.29 is 14.3 Å². The van der Waals surface area contributed by atoms with Crippen molar-refractivity contribution in [1.82, 2.24) is 10.3 Å². The molecule has 0 bridgehead atoms. The molecule has 0 radical (unpaired) electrons. The van der Waals surface area contributed by atoms with E-state index >= 15 is 0 Å². The normalized spacial score (nSPS) is 11.9. The molecule has 0 saturated carbocycles. The van der Waals surface area contributed by atoms with E-state index in [2.05, 4.69) is 10.3 Å². The molecule has 1 aromatic heterocycles. The van der Waals surface area contributed by atoms with Crippen LogP contribution in [-0.4, -0.2) is 28.7 Å². The maximum absolute atomic E-state index is 11.4. The molecule has 0 spiro atoms. The van der Waals surface area contributed by atoms with Crippen LogP contribution in [0.2, 0.25) is 0 Å². The third kappa shape index (κ3) is 3.42. The van der Waals surface area contributed by atoms with Crippen molar-refractivity contribution in [1.29, 1.82) is 5.41 Å². The van der Waals surface area contributed by atoms with Gasteiger partial charge in [0.25, 0.3) is 0 Å². The van der Waals surface area contributed by atoms with Crippen LogP contribution in [0.4, 0.5) is 11.7 Å². The second kappa shape index (κ2) is 7.11. The van der Waals surface area contributed by atoms with Gasteiger partial charge in [-0.2, -0.15) is 4.98 Å². The van der Waals surface area contributed by atoms with Gasteiger partial charge >= 0.3 is 12.0 Å². The standard InChI is InChI=1S/C17H18N6O3/c18-9-23(11-4-2-1-3-5-11)17-21-12-7-6-10(8-13(12)26-17)14(15(24)25)22-16(19)20/h1-8,14H,9,18H2,(H,24,25)(H4,19,20,22). The highest BCUT2D eigenvalue weighted by molar-refractivity contribution is 5.85. The number of para-hydroxylation sites is 1. The molecule has 9 heteroatoms. The molecular weight excluding hydrogens is 336 g/mol. The van der Waals surface area contributed by atoms with Crippen molar-refractivity contribution in [3.63, 3.8) is 0 Å². The second-order valence-corrected chi connectivity index (χ2v) is 5.50. The molecule has 0 saturated heterocycles. The quantitative estimate of drug-likeness (QED) is 0.253. The van der Waals surface area contributed by atoms with Gasteiger partial charge in [-0.15, -0.1) is 0 Å². The number of carboxylic acid groups (broad SMARTS) is 1. The van der Waals surface area contributed by atoms with Gasteiger partial charge in [-0.3, -0.25) is 10.3 Å². The smallest absolute Gasteiger partial charge is 0.330 e. The van der Waals surface area contributed by atoms with E-state index in [9.17, 15) is 9.90 Å². The van der Waals surface area contributed by atoms with Crippen molar-refractivity contribution >= 4 is 34.7 Å². The molecular formula is C17H18N6O3. The van der Waals surface area contributed by atoms with Crippen LogP contribution in [0.3, 0.4) is 0 Å². The number of carboxylic acids is 1. The molecule has 3 rings (SSSR count). The summed E-state index contributed by atoms with van der Waals surface area (Å²) in [6.45, 7) is 0.160. The fourth-order valence-corrected chi connectivity index (χ4v) is 2.57. The summed E-state index contributed by atoms with van der Waals surface area (Å²) in [6.07, 6.45) is 0. The number of nitrogens with one attached hydrogen (secondary N) is 2. The van der Waals surface area contributed by atoms with Crippen molar-refractivity contribution in [3.8, 4) is 0 Å². The molecule has 0 fully saturated rings. The lowest BCUT2D eigenvalue weighted by Gasteiger charge is -2.17. The Morgan fingerprint density at radius 1 is 1.31 bits per heavy atom. The van der Waals surface area contributed by atoms with Crippen LogP contribution in [0.25, 0.3) is 11.1 Å². The molecule has 3 aromatic rings. The molecule has 1 heterocycles. The Hall–Kier alpha value is -3.59. The first-order chi connectivity index (χ1) is 12.5. The van der Waals surface area contributed by atoms with Gasteiger partial charge in [-0.25, -0.2) is 4.79 Å². The van der Waals surface area contributed by atoms with Crippen LogP contribution >= 0.6 is 0 Å². The van der Waals surface area contributed by atoms with E-state index in [4.69, 9.17) is 21.3 Å². The van der Waals surface area contributed by atoms with Crippen molar-refractivity contribution in [2.45, 2.75) is 6.04 Å². The third-order valence-electron chi connectivity index (χ3n) is 3.76. The first-order valence-electron chi connectivity index (χ1n) is 7.76. The fourth-order valence-electron chi connectivity index (χ4n) is 2.57. The number of carbonyl (C=O) groups is 1. The third-order valence-corrected chi connectivity index (χ3v) is 3.76. The van der Waals surface area contributed by atoms with Crippen LogP contribution in [0.15, 0.2) is 52.9 Å². The molecule has 2 aromatic carbocycles. The molecule has 1 atom stereocenters. The van der Waals surface area contributed by atoms with Gasteiger partial charge in [0.15, 0.2) is 17.6 Å². The summed E-state index contributed by atoms with van der Waals surface area (Å²) in [6, 6.07) is 13.4. The summed E-state index contributed by atoms with van der Waals surface area (Å²) in [7, 11) is 0. The van der Waals surface area contributed by atoms with E-state index in [1.807, 2.05) is 30.3 Å². The van der Waals surface area contributed by atoms with Gasteiger partial charge in [0.2, 0.25) is 0 Å². The summed E-state index contributed by atoms with van der Waals surface area (Å²) in [5.41, 5.74) is 13.3. The van der Waals surface area contributed by atoms with Gasteiger partial charge in [-0.05, 0) is 29.8 Å². The Morgan fingerprint density at radius 2 is 2.04 bits per heavy atom. The number of anilines is 2. The Kier molecular flexibility index (Phi) is 4.72. The van der Waals surface area contributed by atoms with Crippen molar-refractivity contribution in [2.24, 2.45) is 11.5 Å². The molecule has 7 N–H and O–H groups in total. The number of oxazole rings is 1. The number of nitrogens with zero attached hydrogens (tertiary/aromatic N) is 2. The minimum Gasteiger partial charge on any atom is -0.479 e. The minimum absolute atomic E-state index is 0.160. The predicted molar refractivity (Wildman–Crippen MR) is 97.1 cm³/mol. The van der Waals surface area contributed by atoms with Gasteiger partial charge in [0, 0.05) is 5.69 Å². The molecule has 9 nitrogen and oxygen atoms in total. The van der Waals surface area contributed by atoms with Gasteiger partial charge in [-0.1, -0.05) is 24.3 Å². The number of benzene rings is 2. The van der Waals surface area contributed by atoms with Crippen LogP contribution < -0.4 is 21.7 Å². The molecule has 134 valence electrons. The number of rotatable bonds is 6. The van der Waals surface area contributed by atoms with Crippen LogP contribution in [0, 0.1) is 5.41 Å². The maximum atomic E-state index is 11.4. The first kappa shape index (κ1) is 17.2. The summed E-state index contributed by atoms with van der Waals surface area (Å²) < 4.78 is 5.78. The largest absolute Gasteiger partial charge is 0.479 e. The maximum Gasteiger partial charge on any atom is 0.330 e. The molecule has 0 amide bonds. The number of hydrogen-bond donors (Lipinski definition) is 5. The van der Waals surface area contributed by atoms with Crippen molar-refractivity contribution in [3.05, 3.63) is 54.1 Å². The number of aliphatic carboxylic acids is 1.